The van der Waals surface area contributed by atoms with Crippen molar-refractivity contribution in [1.29, 1.82) is 0 Å². The van der Waals surface area contributed by atoms with E-state index in [0.717, 1.165) is 18.4 Å². The third-order valence-electron chi connectivity index (χ3n) is 6.31. The number of esters is 1. The molecule has 1 saturated heterocycles. The monoisotopic (exact) mass is 398 g/mol. The van der Waals surface area contributed by atoms with E-state index in [1.807, 2.05) is 42.5 Å². The van der Waals surface area contributed by atoms with Gasteiger partial charge in [0.2, 0.25) is 5.91 Å². The molecule has 1 heterocycles. The zero-order valence-corrected chi connectivity index (χ0v) is 16.5. The number of hydroxylamine groups is 1. The van der Waals surface area contributed by atoms with Gasteiger partial charge in [0, 0.05) is 6.54 Å². The van der Waals surface area contributed by atoms with Gasteiger partial charge in [0.15, 0.2) is 0 Å². The van der Waals surface area contributed by atoms with Gasteiger partial charge in [-0.15, -0.1) is 0 Å². The smallest absolute Gasteiger partial charge is 0.310 e. The van der Waals surface area contributed by atoms with Gasteiger partial charge in [0.05, 0.1) is 25.6 Å². The maximum Gasteiger partial charge on any atom is 0.310 e. The summed E-state index contributed by atoms with van der Waals surface area (Å²) in [6, 6.07) is 8.97. The predicted molar refractivity (Wildman–Crippen MR) is 104 cm³/mol. The van der Waals surface area contributed by atoms with Crippen LogP contribution in [0.1, 0.15) is 24.8 Å². The van der Waals surface area contributed by atoms with Gasteiger partial charge in [0.1, 0.15) is 6.04 Å². The Kier molecular flexibility index (Phi) is 5.67. The van der Waals surface area contributed by atoms with Crippen LogP contribution in [0.15, 0.2) is 42.5 Å². The lowest BCUT2D eigenvalue weighted by Crippen LogP contribution is -2.50. The summed E-state index contributed by atoms with van der Waals surface area (Å²) in [7, 11) is 1.36. The van der Waals surface area contributed by atoms with E-state index in [1.165, 1.54) is 7.11 Å². The Balaban J connectivity index is 1.39. The van der Waals surface area contributed by atoms with Crippen molar-refractivity contribution in [2.75, 3.05) is 13.7 Å². The van der Waals surface area contributed by atoms with E-state index in [2.05, 4.69) is 5.48 Å². The number of methoxy groups -OCH3 is 1. The van der Waals surface area contributed by atoms with Crippen molar-refractivity contribution in [3.63, 3.8) is 0 Å². The Morgan fingerprint density at radius 3 is 2.55 bits per heavy atom. The molecule has 7 nitrogen and oxygen atoms in total. The number of likely N-dealkylation sites (tertiary alicyclic amines) is 1. The summed E-state index contributed by atoms with van der Waals surface area (Å²) in [5.41, 5.74) is 3.44. The first-order valence-electron chi connectivity index (χ1n) is 10.1. The van der Waals surface area contributed by atoms with Crippen LogP contribution in [0, 0.1) is 23.7 Å². The number of nitrogens with zero attached hydrogens (tertiary/aromatic N) is 1. The van der Waals surface area contributed by atoms with Crippen molar-refractivity contribution in [1.82, 2.24) is 10.4 Å². The van der Waals surface area contributed by atoms with Gasteiger partial charge in [-0.3, -0.25) is 19.2 Å². The van der Waals surface area contributed by atoms with Crippen LogP contribution in [0.2, 0.25) is 0 Å². The molecule has 0 unspecified atom stereocenters. The molecule has 154 valence electrons. The zero-order valence-electron chi connectivity index (χ0n) is 16.5. The fourth-order valence-corrected chi connectivity index (χ4v) is 4.94. The first-order valence-corrected chi connectivity index (χ1v) is 10.1. The molecule has 2 aliphatic carbocycles. The van der Waals surface area contributed by atoms with Crippen LogP contribution in [0.5, 0.6) is 0 Å². The van der Waals surface area contributed by atoms with E-state index in [4.69, 9.17) is 9.57 Å². The number of amides is 2. The molecule has 3 aliphatic rings. The average Bonchev–Trinajstić information content (AvgIpc) is 3.49. The molecule has 0 spiro atoms. The van der Waals surface area contributed by atoms with E-state index < -0.39 is 17.9 Å². The molecule has 5 atom stereocenters. The number of rotatable bonds is 6. The van der Waals surface area contributed by atoms with Gasteiger partial charge in [-0.05, 0) is 36.7 Å². The maximum absolute atomic E-state index is 13.3. The highest BCUT2D eigenvalue weighted by Crippen LogP contribution is 2.49. The summed E-state index contributed by atoms with van der Waals surface area (Å²) >= 11 is 0. The van der Waals surface area contributed by atoms with Gasteiger partial charge >= 0.3 is 5.97 Å². The van der Waals surface area contributed by atoms with Gasteiger partial charge < -0.3 is 9.64 Å². The van der Waals surface area contributed by atoms with Crippen molar-refractivity contribution in [2.45, 2.75) is 31.9 Å². The molecule has 1 saturated carbocycles. The van der Waals surface area contributed by atoms with Crippen molar-refractivity contribution >= 4 is 17.8 Å². The van der Waals surface area contributed by atoms with E-state index in [9.17, 15) is 14.4 Å². The van der Waals surface area contributed by atoms with Gasteiger partial charge in [0.25, 0.3) is 5.91 Å². The normalized spacial score (nSPS) is 29.8. The molecule has 0 radical (unpaired) electrons. The molecule has 29 heavy (non-hydrogen) atoms. The number of benzene rings is 1. The second-order valence-electron chi connectivity index (χ2n) is 7.95. The van der Waals surface area contributed by atoms with Crippen LogP contribution in [-0.2, 0) is 30.6 Å². The van der Waals surface area contributed by atoms with Crippen LogP contribution in [-0.4, -0.2) is 42.4 Å². The molecule has 1 N–H and O–H groups in total. The van der Waals surface area contributed by atoms with Crippen LogP contribution < -0.4 is 5.48 Å². The van der Waals surface area contributed by atoms with Crippen LogP contribution in [0.3, 0.4) is 0 Å². The average molecular weight is 398 g/mol. The van der Waals surface area contributed by atoms with Gasteiger partial charge in [-0.2, -0.15) is 0 Å². The molecule has 7 heteroatoms. The summed E-state index contributed by atoms with van der Waals surface area (Å²) in [6.45, 7) is 0.774. The SMILES string of the molecule is COC(=O)[C@@H]1[C@H](C(=O)N2CCC[C@H]2C(=O)NOCc2ccccc2)[C@@H]2C=C[C@H]1C2. The van der Waals surface area contributed by atoms with E-state index in [-0.39, 0.29) is 36.2 Å². The Morgan fingerprint density at radius 2 is 1.83 bits per heavy atom. The van der Waals surface area contributed by atoms with Gasteiger partial charge in [-0.25, -0.2) is 5.48 Å². The summed E-state index contributed by atoms with van der Waals surface area (Å²) in [6.07, 6.45) is 6.18. The molecule has 2 fully saturated rings. The first kappa shape index (κ1) is 19.6. The number of hydrogen-bond acceptors (Lipinski definition) is 5. The molecule has 1 aromatic rings. The molecule has 1 aliphatic heterocycles. The highest BCUT2D eigenvalue weighted by molar-refractivity contribution is 5.92. The predicted octanol–water partition coefficient (Wildman–Crippen LogP) is 1.84. The molecular weight excluding hydrogens is 372 g/mol. The number of carbonyl (C=O) groups excluding carboxylic acids is 3. The Hall–Kier alpha value is -2.67. The largest absolute Gasteiger partial charge is 0.469 e. The van der Waals surface area contributed by atoms with Crippen molar-refractivity contribution in [2.24, 2.45) is 23.7 Å². The lowest BCUT2D eigenvalue weighted by Gasteiger charge is -2.31. The summed E-state index contributed by atoms with van der Waals surface area (Å²) in [5, 5.41) is 0. The fraction of sp³-hybridized carbons (Fsp3) is 0.500. The first-order chi connectivity index (χ1) is 14.1. The van der Waals surface area contributed by atoms with Crippen LogP contribution >= 0.6 is 0 Å². The molecule has 1 aromatic carbocycles. The number of carbonyl (C=O) groups is 3. The van der Waals surface area contributed by atoms with E-state index in [1.54, 1.807) is 4.90 Å². The molecule has 4 rings (SSSR count). The molecule has 2 bridgehead atoms. The van der Waals surface area contributed by atoms with Crippen molar-refractivity contribution in [3.8, 4) is 0 Å². The number of hydrogen-bond donors (Lipinski definition) is 1. The fourth-order valence-electron chi connectivity index (χ4n) is 4.94. The van der Waals surface area contributed by atoms with E-state index in [0.29, 0.717) is 13.0 Å². The second-order valence-corrected chi connectivity index (χ2v) is 7.95. The summed E-state index contributed by atoms with van der Waals surface area (Å²) < 4.78 is 4.96. The Morgan fingerprint density at radius 1 is 1.10 bits per heavy atom. The highest BCUT2D eigenvalue weighted by atomic mass is 16.6. The van der Waals surface area contributed by atoms with Crippen molar-refractivity contribution < 1.29 is 24.0 Å². The topological polar surface area (TPSA) is 84.9 Å². The molecule has 0 aromatic heterocycles. The molecular formula is C22H26N2O5. The lowest BCUT2D eigenvalue weighted by molar-refractivity contribution is -0.155. The second kappa shape index (κ2) is 8.37. The summed E-state index contributed by atoms with van der Waals surface area (Å²) in [4.78, 5) is 45.3. The quantitative estimate of drug-likeness (QED) is 0.449. The third kappa shape index (κ3) is 3.79. The summed E-state index contributed by atoms with van der Waals surface area (Å²) in [5.74, 6) is -1.61. The lowest BCUT2D eigenvalue weighted by atomic mass is 9.82. The standard InChI is InChI=1S/C22H26N2O5/c1-28-22(27)19-16-10-9-15(12-16)18(19)21(26)24-11-5-8-17(24)20(25)23-29-13-14-6-3-2-4-7-14/h2-4,6-7,9-10,15-19H,5,8,11-13H2,1H3,(H,23,25)/t15-,16+,17+,18-,19+/m1/s1. The number of ether oxygens (including phenoxy) is 1. The minimum atomic E-state index is -0.570. The van der Waals surface area contributed by atoms with E-state index >= 15 is 0 Å². The highest BCUT2D eigenvalue weighted by Gasteiger charge is 2.54. The third-order valence-corrected chi connectivity index (χ3v) is 6.31. The Labute approximate surface area is 170 Å². The van der Waals surface area contributed by atoms with Crippen LogP contribution in [0.25, 0.3) is 0 Å². The maximum atomic E-state index is 13.3. The van der Waals surface area contributed by atoms with Crippen LogP contribution in [0.4, 0.5) is 0 Å². The van der Waals surface area contributed by atoms with Crippen molar-refractivity contribution in [3.05, 3.63) is 48.0 Å². The minimum Gasteiger partial charge on any atom is -0.469 e. The Bertz CT molecular complexity index is 809. The number of nitrogens with one attached hydrogen (secondary N) is 1. The minimum absolute atomic E-state index is 0.0373. The van der Waals surface area contributed by atoms with Gasteiger partial charge in [-0.1, -0.05) is 42.5 Å². The molecule has 2 amide bonds. The zero-order chi connectivity index (χ0) is 20.4. The number of fused-ring (bicyclic) bond motifs is 2. The number of allylic oxidation sites excluding steroid dienone is 2.